The lowest BCUT2D eigenvalue weighted by molar-refractivity contribution is -0.137. The molecule has 4 heteroatoms. The van der Waals surface area contributed by atoms with Gasteiger partial charge < -0.3 is 15.0 Å². The number of hydrogen-bond donors (Lipinski definition) is 1. The van der Waals surface area contributed by atoms with Crippen molar-refractivity contribution in [1.82, 2.24) is 10.2 Å². The maximum atomic E-state index is 12.7. The Labute approximate surface area is 126 Å². The van der Waals surface area contributed by atoms with Gasteiger partial charge in [-0.1, -0.05) is 18.2 Å². The summed E-state index contributed by atoms with van der Waals surface area (Å²) in [4.78, 5) is 14.7. The van der Waals surface area contributed by atoms with Crippen LogP contribution in [0.5, 0.6) is 5.75 Å². The van der Waals surface area contributed by atoms with Crippen LogP contribution in [0.25, 0.3) is 0 Å². The molecule has 0 saturated carbocycles. The van der Waals surface area contributed by atoms with Crippen LogP contribution in [0, 0.1) is 5.92 Å². The van der Waals surface area contributed by atoms with Gasteiger partial charge in [-0.15, -0.1) is 0 Å². The molecule has 0 aromatic heterocycles. The van der Waals surface area contributed by atoms with E-state index in [1.807, 2.05) is 23.1 Å². The van der Waals surface area contributed by atoms with Crippen molar-refractivity contribution in [3.63, 3.8) is 0 Å². The molecule has 0 bridgehead atoms. The quantitative estimate of drug-likeness (QED) is 0.919. The van der Waals surface area contributed by atoms with E-state index in [0.717, 1.165) is 37.4 Å². The van der Waals surface area contributed by atoms with Crippen LogP contribution >= 0.6 is 0 Å². The minimum atomic E-state index is -0.0405. The third-order valence-electron chi connectivity index (χ3n) is 4.52. The van der Waals surface area contributed by atoms with E-state index < -0.39 is 0 Å². The second kappa shape index (κ2) is 6.48. The van der Waals surface area contributed by atoms with Crippen LogP contribution in [0.15, 0.2) is 24.3 Å². The lowest BCUT2D eigenvalue weighted by Crippen LogP contribution is -2.46. The minimum Gasteiger partial charge on any atom is -0.492 e. The van der Waals surface area contributed by atoms with Crippen molar-refractivity contribution in [3.8, 4) is 5.75 Å². The minimum absolute atomic E-state index is 0.0405. The number of carbonyl (C=O) groups excluding carboxylic acids is 1. The van der Waals surface area contributed by atoms with Gasteiger partial charge in [0.05, 0.1) is 5.92 Å². The Morgan fingerprint density at radius 3 is 3.05 bits per heavy atom. The van der Waals surface area contributed by atoms with Gasteiger partial charge in [-0.05, 0) is 44.4 Å². The molecule has 114 valence electrons. The molecule has 1 N–H and O–H groups in total. The Hall–Kier alpha value is -1.55. The van der Waals surface area contributed by atoms with Crippen molar-refractivity contribution in [3.05, 3.63) is 29.8 Å². The predicted octanol–water partition coefficient (Wildman–Crippen LogP) is 1.84. The van der Waals surface area contributed by atoms with Crippen molar-refractivity contribution in [2.75, 3.05) is 26.2 Å². The largest absolute Gasteiger partial charge is 0.492 e. The molecule has 1 fully saturated rings. The van der Waals surface area contributed by atoms with Gasteiger partial charge in [0.15, 0.2) is 0 Å². The first kappa shape index (κ1) is 14.4. The van der Waals surface area contributed by atoms with Crippen molar-refractivity contribution in [1.29, 1.82) is 0 Å². The van der Waals surface area contributed by atoms with Gasteiger partial charge >= 0.3 is 0 Å². The average molecular weight is 288 g/mol. The number of fused-ring (bicyclic) bond motifs is 1. The zero-order valence-corrected chi connectivity index (χ0v) is 12.7. The average Bonchev–Trinajstić information content (AvgIpc) is 3.04. The third-order valence-corrected chi connectivity index (χ3v) is 4.52. The number of ether oxygens (including phenoxy) is 1. The predicted molar refractivity (Wildman–Crippen MR) is 82.4 cm³/mol. The zero-order chi connectivity index (χ0) is 14.7. The highest BCUT2D eigenvalue weighted by atomic mass is 16.5. The van der Waals surface area contributed by atoms with Gasteiger partial charge in [-0.2, -0.15) is 0 Å². The number of nitrogens with zero attached hydrogens (tertiary/aromatic N) is 1. The topological polar surface area (TPSA) is 41.6 Å². The van der Waals surface area contributed by atoms with Crippen molar-refractivity contribution in [2.24, 2.45) is 5.92 Å². The van der Waals surface area contributed by atoms with Gasteiger partial charge in [0.1, 0.15) is 12.4 Å². The van der Waals surface area contributed by atoms with Crippen molar-refractivity contribution in [2.45, 2.75) is 32.2 Å². The number of nitrogens with one attached hydrogen (secondary N) is 1. The molecule has 4 nitrogen and oxygen atoms in total. The summed E-state index contributed by atoms with van der Waals surface area (Å²) in [7, 11) is 0. The van der Waals surface area contributed by atoms with E-state index in [4.69, 9.17) is 4.74 Å². The number of rotatable bonds is 4. The van der Waals surface area contributed by atoms with Gasteiger partial charge in [-0.3, -0.25) is 4.79 Å². The number of para-hydroxylation sites is 1. The standard InChI is InChI=1S/C17H24N2O2/c1-2-19(11-15-7-5-9-18-15)17(20)14-10-13-6-3-4-8-16(13)21-12-14/h3-4,6,8,14-15,18H,2,5,7,9-12H2,1H3. The summed E-state index contributed by atoms with van der Waals surface area (Å²) < 4.78 is 5.76. The Bertz CT molecular complexity index is 497. The molecule has 0 radical (unpaired) electrons. The molecule has 1 aromatic rings. The monoisotopic (exact) mass is 288 g/mol. The van der Waals surface area contributed by atoms with Crippen molar-refractivity contribution >= 4 is 5.91 Å². The van der Waals surface area contributed by atoms with Crippen LogP contribution < -0.4 is 10.1 Å². The van der Waals surface area contributed by atoms with E-state index >= 15 is 0 Å². The van der Waals surface area contributed by atoms with Gasteiger partial charge in [-0.25, -0.2) is 0 Å². The molecule has 1 amide bonds. The van der Waals surface area contributed by atoms with Gasteiger partial charge in [0, 0.05) is 19.1 Å². The molecular formula is C17H24N2O2. The van der Waals surface area contributed by atoms with E-state index in [9.17, 15) is 4.79 Å². The molecule has 2 aliphatic rings. The van der Waals surface area contributed by atoms with Gasteiger partial charge in [0.25, 0.3) is 0 Å². The number of likely N-dealkylation sites (N-methyl/N-ethyl adjacent to an activating group) is 1. The van der Waals surface area contributed by atoms with Crippen molar-refractivity contribution < 1.29 is 9.53 Å². The molecule has 1 saturated heterocycles. The fourth-order valence-corrected chi connectivity index (χ4v) is 3.30. The number of carbonyl (C=O) groups is 1. The molecule has 21 heavy (non-hydrogen) atoms. The molecule has 1 aromatic carbocycles. The smallest absolute Gasteiger partial charge is 0.229 e. The highest BCUT2D eigenvalue weighted by molar-refractivity contribution is 5.79. The zero-order valence-electron chi connectivity index (χ0n) is 12.7. The molecule has 0 aliphatic carbocycles. The molecule has 0 spiro atoms. The first-order chi connectivity index (χ1) is 10.3. The summed E-state index contributed by atoms with van der Waals surface area (Å²) >= 11 is 0. The van der Waals surface area contributed by atoms with E-state index in [-0.39, 0.29) is 11.8 Å². The molecular weight excluding hydrogens is 264 g/mol. The number of amides is 1. The highest BCUT2D eigenvalue weighted by Gasteiger charge is 2.30. The maximum absolute atomic E-state index is 12.7. The Kier molecular flexibility index (Phi) is 4.44. The van der Waals surface area contributed by atoms with Crippen LogP contribution in [-0.2, 0) is 11.2 Å². The summed E-state index contributed by atoms with van der Waals surface area (Å²) in [6.45, 7) is 5.24. The second-order valence-electron chi connectivity index (χ2n) is 5.99. The lowest BCUT2D eigenvalue weighted by atomic mass is 9.95. The number of benzene rings is 1. The Morgan fingerprint density at radius 2 is 2.29 bits per heavy atom. The number of hydrogen-bond acceptors (Lipinski definition) is 3. The SMILES string of the molecule is CCN(CC1CCCN1)C(=O)C1COc2ccccc2C1. The van der Waals surface area contributed by atoms with Crippen LogP contribution in [0.4, 0.5) is 0 Å². The van der Waals surface area contributed by atoms with Crippen LogP contribution in [0.2, 0.25) is 0 Å². The van der Waals surface area contributed by atoms with E-state index in [0.29, 0.717) is 12.6 Å². The summed E-state index contributed by atoms with van der Waals surface area (Å²) in [6, 6.07) is 8.49. The molecule has 3 rings (SSSR count). The van der Waals surface area contributed by atoms with Gasteiger partial charge in [0.2, 0.25) is 5.91 Å². The van der Waals surface area contributed by atoms with Crippen LogP contribution in [0.3, 0.4) is 0 Å². The van der Waals surface area contributed by atoms with E-state index in [1.54, 1.807) is 0 Å². The maximum Gasteiger partial charge on any atom is 0.229 e. The first-order valence-corrected chi connectivity index (χ1v) is 8.00. The van der Waals surface area contributed by atoms with Crippen LogP contribution in [-0.4, -0.2) is 43.1 Å². The molecule has 2 unspecified atom stereocenters. The Balaban J connectivity index is 1.64. The fourth-order valence-electron chi connectivity index (χ4n) is 3.30. The first-order valence-electron chi connectivity index (χ1n) is 8.00. The summed E-state index contributed by atoms with van der Waals surface area (Å²) in [5, 5.41) is 3.47. The molecule has 2 heterocycles. The summed E-state index contributed by atoms with van der Waals surface area (Å²) in [5.41, 5.74) is 1.15. The Morgan fingerprint density at radius 1 is 1.43 bits per heavy atom. The highest BCUT2D eigenvalue weighted by Crippen LogP contribution is 2.27. The van der Waals surface area contributed by atoms with Crippen LogP contribution in [0.1, 0.15) is 25.3 Å². The molecule has 2 atom stereocenters. The molecule has 2 aliphatic heterocycles. The fraction of sp³-hybridized carbons (Fsp3) is 0.588. The summed E-state index contributed by atoms with van der Waals surface area (Å²) in [5.74, 6) is 1.13. The second-order valence-corrected chi connectivity index (χ2v) is 5.99. The van der Waals surface area contributed by atoms with E-state index in [1.165, 1.54) is 12.8 Å². The van der Waals surface area contributed by atoms with E-state index in [2.05, 4.69) is 18.3 Å². The summed E-state index contributed by atoms with van der Waals surface area (Å²) in [6.07, 6.45) is 3.19. The lowest BCUT2D eigenvalue weighted by Gasteiger charge is -2.31. The third kappa shape index (κ3) is 3.21. The normalized spacial score (nSPS) is 24.2.